The third kappa shape index (κ3) is 7.77. The maximum atomic E-state index is 4.73. The van der Waals surface area contributed by atoms with Crippen molar-refractivity contribution >= 4 is 101 Å². The van der Waals surface area contributed by atoms with Crippen LogP contribution in [0.15, 0.2) is 137 Å². The van der Waals surface area contributed by atoms with E-state index < -0.39 is 0 Å². The van der Waals surface area contributed by atoms with Gasteiger partial charge in [-0.3, -0.25) is 0 Å². The quantitative estimate of drug-likeness (QED) is 0.104. The topological polar surface area (TPSA) is 219 Å². The molecule has 0 atom stereocenters. The second-order valence-corrected chi connectivity index (χ2v) is 18.2. The van der Waals surface area contributed by atoms with Gasteiger partial charge in [-0.1, -0.05) is 24.3 Å². The van der Waals surface area contributed by atoms with Gasteiger partial charge in [-0.2, -0.15) is 0 Å². The van der Waals surface area contributed by atoms with Gasteiger partial charge in [-0.05, 0) is 67.5 Å². The summed E-state index contributed by atoms with van der Waals surface area (Å²) in [5.41, 5.74) is 14.8. The Labute approximate surface area is 435 Å². The Hall–Kier alpha value is -10.2. The average molecular weight is 999 g/mol. The minimum absolute atomic E-state index is 0.725. The number of aromatic nitrogens is 16. The fraction of sp³-hybridized carbons (Fsp3) is 0.143. The summed E-state index contributed by atoms with van der Waals surface area (Å²) in [6.07, 6.45) is 27.0. The van der Waals surface area contributed by atoms with Crippen molar-refractivity contribution < 1.29 is 0 Å². The highest BCUT2D eigenvalue weighted by atomic mass is 15.2. The highest BCUT2D eigenvalue weighted by Gasteiger charge is 2.32. The van der Waals surface area contributed by atoms with Crippen LogP contribution in [0, 0.1) is 55.4 Å². The molecule has 0 aliphatic rings. The molecule has 0 N–H and O–H groups in total. The summed E-state index contributed by atoms with van der Waals surface area (Å²) in [5.74, 6) is 0. The standard InChI is InChI=1S/C56H46N20/c1-31-47(15-57-23-65-31)73(48-16-58-24-66-32(48)2)43-13-44(74(49-17-59-25-67-33(49)3)50-18-60-26-68-34(50)4)40-11-12-42-46(76(53-21-63-29-71-37(53)7)54-22-64-30-72-38(54)8)14-45(41-10-9-39(43)55(40)56(41)42)75(51-19-61-27-69-35(51)5)52-20-62-28-70-36(52)6/h9-30H,1-8H3. The lowest BCUT2D eigenvalue weighted by Crippen LogP contribution is -2.19. The smallest absolute Gasteiger partial charge is 0.115 e. The number of benzene rings is 4. The number of hydrogen-bond acceptors (Lipinski definition) is 20. The molecule has 8 heterocycles. The van der Waals surface area contributed by atoms with Crippen molar-refractivity contribution in [3.8, 4) is 0 Å². The molecule has 20 nitrogen and oxygen atoms in total. The molecule has 0 fully saturated rings. The lowest BCUT2D eigenvalue weighted by atomic mass is 9.89. The van der Waals surface area contributed by atoms with E-state index in [1.54, 1.807) is 50.6 Å². The zero-order valence-electron chi connectivity index (χ0n) is 42.6. The van der Waals surface area contributed by atoms with E-state index in [0.29, 0.717) is 0 Å². The monoisotopic (exact) mass is 998 g/mol. The summed E-state index contributed by atoms with van der Waals surface area (Å²) in [5, 5.41) is 5.40. The molecule has 12 aromatic rings. The van der Waals surface area contributed by atoms with E-state index >= 15 is 0 Å². The zero-order chi connectivity index (χ0) is 52.2. The highest BCUT2D eigenvalue weighted by molar-refractivity contribution is 6.33. The van der Waals surface area contributed by atoms with Crippen molar-refractivity contribution in [2.75, 3.05) is 19.6 Å². The van der Waals surface area contributed by atoms with Gasteiger partial charge in [-0.15, -0.1) is 0 Å². The predicted octanol–water partition coefficient (Wildman–Crippen LogP) is 11.3. The molecule has 0 spiro atoms. The lowest BCUT2D eigenvalue weighted by Gasteiger charge is -2.34. The van der Waals surface area contributed by atoms with Crippen LogP contribution in [0.3, 0.4) is 0 Å². The van der Waals surface area contributed by atoms with Crippen molar-refractivity contribution in [1.82, 2.24) is 79.7 Å². The minimum Gasteiger partial charge on any atom is -0.303 e. The van der Waals surface area contributed by atoms with Gasteiger partial charge in [0.25, 0.3) is 0 Å². The first-order chi connectivity index (χ1) is 37.1. The largest absolute Gasteiger partial charge is 0.303 e. The van der Waals surface area contributed by atoms with Crippen LogP contribution in [0.4, 0.5) is 68.2 Å². The molecule has 0 aliphatic carbocycles. The second-order valence-electron chi connectivity index (χ2n) is 18.2. The van der Waals surface area contributed by atoms with Crippen LogP contribution in [0.5, 0.6) is 0 Å². The van der Waals surface area contributed by atoms with E-state index in [4.69, 9.17) is 39.9 Å². The van der Waals surface area contributed by atoms with Gasteiger partial charge in [0.15, 0.2) is 0 Å². The van der Waals surface area contributed by atoms with Crippen molar-refractivity contribution in [3.05, 3.63) is 182 Å². The summed E-state index contributed by atoms with van der Waals surface area (Å²) in [6.45, 7) is 15.8. The first-order valence-electron chi connectivity index (χ1n) is 24.2. The number of rotatable bonds is 12. The van der Waals surface area contributed by atoms with E-state index in [-0.39, 0.29) is 0 Å². The number of nitrogens with zero attached hydrogens (tertiary/aromatic N) is 20. The second kappa shape index (κ2) is 19.0. The van der Waals surface area contributed by atoms with Crippen LogP contribution in [0.1, 0.15) is 45.6 Å². The van der Waals surface area contributed by atoms with Crippen LogP contribution < -0.4 is 19.6 Å². The molecule has 370 valence electrons. The van der Waals surface area contributed by atoms with Crippen molar-refractivity contribution in [2.45, 2.75) is 55.4 Å². The summed E-state index contributed by atoms with van der Waals surface area (Å²) in [4.78, 5) is 83.3. The Morgan fingerprint density at radius 1 is 0.224 bits per heavy atom. The van der Waals surface area contributed by atoms with Gasteiger partial charge in [-0.25, -0.2) is 79.7 Å². The van der Waals surface area contributed by atoms with E-state index in [1.165, 1.54) is 0 Å². The maximum absolute atomic E-state index is 4.73. The maximum Gasteiger partial charge on any atom is 0.115 e. The summed E-state index contributed by atoms with van der Waals surface area (Å²) in [7, 11) is 0. The van der Waals surface area contributed by atoms with Gasteiger partial charge in [0.1, 0.15) is 50.6 Å². The molecular weight excluding hydrogens is 953 g/mol. The molecule has 0 aliphatic heterocycles. The molecule has 0 saturated carbocycles. The Morgan fingerprint density at radius 3 is 0.526 bits per heavy atom. The SMILES string of the molecule is Cc1ncncc1N(c1cncnc1C)c1cc(N(c2cncnc2C)c2cncnc2C)c2ccc3c(N(c4cncnc4C)c4cncnc4C)cc(N(c4cncnc4C)c4cncnc4C)c4ccc1c2c43. The van der Waals surface area contributed by atoms with Crippen LogP contribution in [0.25, 0.3) is 32.3 Å². The summed E-state index contributed by atoms with van der Waals surface area (Å²) >= 11 is 0. The molecule has 76 heavy (non-hydrogen) atoms. The van der Waals surface area contributed by atoms with Crippen LogP contribution in [0.2, 0.25) is 0 Å². The molecule has 12 rings (SSSR count). The molecule has 0 unspecified atom stereocenters. The third-order valence-corrected chi connectivity index (χ3v) is 13.8. The normalized spacial score (nSPS) is 11.4. The number of hydrogen-bond donors (Lipinski definition) is 0. The molecule has 0 bridgehead atoms. The van der Waals surface area contributed by atoms with Crippen LogP contribution >= 0.6 is 0 Å². The Balaban J connectivity index is 1.33. The van der Waals surface area contributed by atoms with E-state index in [2.05, 4.69) is 95.9 Å². The van der Waals surface area contributed by atoms with Crippen molar-refractivity contribution in [2.24, 2.45) is 0 Å². The molecule has 4 aromatic carbocycles. The first kappa shape index (κ1) is 46.8. The number of aryl methyl sites for hydroxylation is 8. The van der Waals surface area contributed by atoms with Gasteiger partial charge in [0.2, 0.25) is 0 Å². The van der Waals surface area contributed by atoms with Crippen LogP contribution in [-0.4, -0.2) is 79.7 Å². The number of anilines is 12. The van der Waals surface area contributed by atoms with Gasteiger partial charge in [0, 0.05) is 32.3 Å². The van der Waals surface area contributed by atoms with Gasteiger partial charge >= 0.3 is 0 Å². The predicted molar refractivity (Wildman–Crippen MR) is 291 cm³/mol. The molecule has 0 amide bonds. The summed E-state index contributed by atoms with van der Waals surface area (Å²) < 4.78 is 0. The molecule has 0 saturated heterocycles. The fourth-order valence-electron chi connectivity index (χ4n) is 10.0. The summed E-state index contributed by atoms with van der Waals surface area (Å²) in [6, 6.07) is 13.1. The zero-order valence-corrected chi connectivity index (χ0v) is 42.6. The van der Waals surface area contributed by atoms with Crippen LogP contribution in [-0.2, 0) is 0 Å². The van der Waals surface area contributed by atoms with E-state index in [9.17, 15) is 0 Å². The van der Waals surface area contributed by atoms with Gasteiger partial charge < -0.3 is 19.6 Å². The minimum atomic E-state index is 0.725. The highest BCUT2D eigenvalue weighted by Crippen LogP contribution is 2.55. The molecular formula is C56H46N20. The van der Waals surface area contributed by atoms with Crippen molar-refractivity contribution in [3.63, 3.8) is 0 Å². The molecule has 0 radical (unpaired) electrons. The Bertz CT molecular complexity index is 3480. The molecule has 8 aromatic heterocycles. The average Bonchev–Trinajstić information content (AvgIpc) is 3.57. The lowest BCUT2D eigenvalue weighted by molar-refractivity contribution is 1.03. The van der Waals surface area contributed by atoms with E-state index in [1.807, 2.05) is 105 Å². The van der Waals surface area contributed by atoms with Crippen molar-refractivity contribution in [1.29, 1.82) is 0 Å². The van der Waals surface area contributed by atoms with E-state index in [0.717, 1.165) is 146 Å². The van der Waals surface area contributed by atoms with Gasteiger partial charge in [0.05, 0.1) is 163 Å². The third-order valence-electron chi connectivity index (χ3n) is 13.8. The Morgan fingerprint density at radius 2 is 0.382 bits per heavy atom. The fourth-order valence-corrected chi connectivity index (χ4v) is 10.0. The molecule has 20 heteroatoms. The Kier molecular flexibility index (Phi) is 11.7. The first-order valence-corrected chi connectivity index (χ1v) is 24.2.